The van der Waals surface area contributed by atoms with Crippen molar-refractivity contribution >= 4 is 16.9 Å². The Morgan fingerprint density at radius 2 is 1.05 bits per heavy atom. The number of halogens is 5. The first-order valence-electron chi connectivity index (χ1n) is 14.0. The molecule has 3 aromatic carbocycles. The second-order valence-electron chi connectivity index (χ2n) is 11.7. The highest BCUT2D eigenvalue weighted by Gasteiger charge is 2.60. The Labute approximate surface area is 240 Å². The molecule has 4 bridgehead atoms. The maximum absolute atomic E-state index is 13.2. The van der Waals surface area contributed by atoms with Crippen LogP contribution in [0.5, 0.6) is 0 Å². The van der Waals surface area contributed by atoms with E-state index in [1.54, 1.807) is 0 Å². The van der Waals surface area contributed by atoms with Crippen LogP contribution >= 0.6 is 0 Å². The summed E-state index contributed by atoms with van der Waals surface area (Å²) in [5, 5.41) is 0. The molecule has 0 aromatic heterocycles. The molecule has 4 saturated carbocycles. The van der Waals surface area contributed by atoms with E-state index >= 15 is 0 Å². The van der Waals surface area contributed by atoms with Gasteiger partial charge >= 0.3 is 12.1 Å². The maximum Gasteiger partial charge on any atom is 0.431 e. The van der Waals surface area contributed by atoms with E-state index in [1.807, 2.05) is 0 Å². The Bertz CT molecular complexity index is 1150. The van der Waals surface area contributed by atoms with Crippen molar-refractivity contribution in [3.63, 3.8) is 0 Å². The molecule has 218 valence electrons. The SMILES string of the molecule is CC(F)(F)C(OC(=O)C12CC3CC(CC(C3)C1)C2)C(F)(F)F.c1ccc([S+](c2ccccc2)c2ccccc2)cc1. The topological polar surface area (TPSA) is 26.3 Å². The van der Waals surface area contributed by atoms with Crippen LogP contribution in [0, 0.1) is 23.2 Å². The average molecular weight is 590 g/mol. The molecule has 0 spiro atoms. The van der Waals surface area contributed by atoms with Crippen molar-refractivity contribution in [3.8, 4) is 0 Å². The molecule has 0 N–H and O–H groups in total. The van der Waals surface area contributed by atoms with Gasteiger partial charge in [0.15, 0.2) is 14.7 Å². The highest BCUT2D eigenvalue weighted by molar-refractivity contribution is 7.97. The zero-order valence-corrected chi connectivity index (χ0v) is 23.6. The largest absolute Gasteiger partial charge is 0.446 e. The van der Waals surface area contributed by atoms with Crippen LogP contribution in [0.3, 0.4) is 0 Å². The number of carbonyl (C=O) groups is 1. The zero-order valence-electron chi connectivity index (χ0n) is 22.8. The van der Waals surface area contributed by atoms with Gasteiger partial charge in [-0.05, 0) is 92.7 Å². The molecule has 1 unspecified atom stereocenters. The third kappa shape index (κ3) is 6.79. The van der Waals surface area contributed by atoms with Gasteiger partial charge in [-0.2, -0.15) is 13.2 Å². The lowest BCUT2D eigenvalue weighted by atomic mass is 9.49. The van der Waals surface area contributed by atoms with E-state index in [-0.39, 0.29) is 17.8 Å². The summed E-state index contributed by atoms with van der Waals surface area (Å²) in [6.45, 7) is 0.137. The van der Waals surface area contributed by atoms with Crippen molar-refractivity contribution in [2.75, 3.05) is 0 Å². The lowest BCUT2D eigenvalue weighted by Crippen LogP contribution is -2.54. The molecule has 0 radical (unpaired) electrons. The summed E-state index contributed by atoms with van der Waals surface area (Å²) in [5.41, 5.74) is -0.969. The number of alkyl halides is 5. The molecule has 0 saturated heterocycles. The Balaban J connectivity index is 0.000000166. The van der Waals surface area contributed by atoms with Crippen molar-refractivity contribution in [3.05, 3.63) is 91.0 Å². The molecule has 7 rings (SSSR count). The molecule has 3 aromatic rings. The number of esters is 1. The summed E-state index contributed by atoms with van der Waals surface area (Å²) < 4.78 is 69.2. The van der Waals surface area contributed by atoms with Gasteiger partial charge in [0, 0.05) is 6.92 Å². The first-order chi connectivity index (χ1) is 19.4. The summed E-state index contributed by atoms with van der Waals surface area (Å²) >= 11 is 0. The predicted molar refractivity (Wildman–Crippen MR) is 149 cm³/mol. The summed E-state index contributed by atoms with van der Waals surface area (Å²) in [6.07, 6.45) is -4.18. The van der Waals surface area contributed by atoms with Gasteiger partial charge in [-0.1, -0.05) is 54.6 Å². The average Bonchev–Trinajstić information content (AvgIpc) is 2.92. The molecule has 0 heterocycles. The number of ether oxygens (including phenoxy) is 1. The third-order valence-corrected chi connectivity index (χ3v) is 10.6. The van der Waals surface area contributed by atoms with Crippen LogP contribution < -0.4 is 0 Å². The van der Waals surface area contributed by atoms with E-state index in [9.17, 15) is 26.7 Å². The zero-order chi connectivity index (χ0) is 29.3. The smallest absolute Gasteiger partial charge is 0.431 e. The Hall–Kier alpha value is -2.87. The maximum atomic E-state index is 13.2. The van der Waals surface area contributed by atoms with Crippen LogP contribution in [0.15, 0.2) is 106 Å². The van der Waals surface area contributed by atoms with Crippen LogP contribution in [0.4, 0.5) is 22.0 Å². The Morgan fingerprint density at radius 3 is 1.34 bits per heavy atom. The first kappa shape index (κ1) is 29.6. The first-order valence-corrected chi connectivity index (χ1v) is 15.2. The highest BCUT2D eigenvalue weighted by Crippen LogP contribution is 2.60. The van der Waals surface area contributed by atoms with E-state index in [1.165, 1.54) is 14.7 Å². The van der Waals surface area contributed by atoms with Crippen LogP contribution in [0.1, 0.15) is 45.4 Å². The second-order valence-corrected chi connectivity index (χ2v) is 13.8. The van der Waals surface area contributed by atoms with Crippen molar-refractivity contribution in [2.45, 2.75) is 78.3 Å². The molecule has 4 aliphatic carbocycles. The van der Waals surface area contributed by atoms with Crippen molar-refractivity contribution in [1.29, 1.82) is 0 Å². The Kier molecular flexibility index (Phi) is 8.51. The normalized spacial score (nSPS) is 25.8. The molecule has 8 heteroatoms. The summed E-state index contributed by atoms with van der Waals surface area (Å²) in [6, 6.07) is 32.2. The molecule has 2 nitrogen and oxygen atoms in total. The van der Waals surface area contributed by atoms with E-state index in [2.05, 4.69) is 95.7 Å². The van der Waals surface area contributed by atoms with E-state index in [4.69, 9.17) is 0 Å². The van der Waals surface area contributed by atoms with Gasteiger partial charge in [-0.3, -0.25) is 4.79 Å². The summed E-state index contributed by atoms with van der Waals surface area (Å²) in [4.78, 5) is 16.4. The monoisotopic (exact) mass is 589 g/mol. The van der Waals surface area contributed by atoms with Gasteiger partial charge in [-0.25, -0.2) is 8.78 Å². The van der Waals surface area contributed by atoms with Gasteiger partial charge in [0.2, 0.25) is 0 Å². The molecule has 1 atom stereocenters. The van der Waals surface area contributed by atoms with Gasteiger partial charge in [0.1, 0.15) is 0 Å². The van der Waals surface area contributed by atoms with Gasteiger partial charge in [0.25, 0.3) is 12.0 Å². The fraction of sp³-hybridized carbons (Fsp3) is 0.424. The minimum Gasteiger partial charge on any atom is -0.446 e. The lowest BCUT2D eigenvalue weighted by molar-refractivity contribution is -0.279. The van der Waals surface area contributed by atoms with Crippen molar-refractivity contribution < 1.29 is 31.5 Å². The van der Waals surface area contributed by atoms with Crippen LogP contribution in [0.2, 0.25) is 0 Å². The number of hydrogen-bond donors (Lipinski definition) is 0. The minimum absolute atomic E-state index is 0.0146. The fourth-order valence-corrected chi connectivity index (χ4v) is 9.23. The van der Waals surface area contributed by atoms with Crippen LogP contribution in [0.25, 0.3) is 0 Å². The number of rotatable bonds is 6. The molecule has 4 aliphatic rings. The minimum atomic E-state index is -5.27. The molecular formula is C33H34F5O2S+. The summed E-state index contributed by atoms with van der Waals surface area (Å²) in [7, 11) is -0.0146. The van der Waals surface area contributed by atoms with Crippen molar-refractivity contribution in [2.24, 2.45) is 23.2 Å². The van der Waals surface area contributed by atoms with Crippen molar-refractivity contribution in [1.82, 2.24) is 0 Å². The molecular weight excluding hydrogens is 555 g/mol. The molecule has 4 fully saturated rings. The number of benzene rings is 3. The van der Waals surface area contributed by atoms with Gasteiger partial charge in [0.05, 0.1) is 16.3 Å². The highest BCUT2D eigenvalue weighted by atomic mass is 32.2. The van der Waals surface area contributed by atoms with E-state index in [0.717, 1.165) is 19.3 Å². The van der Waals surface area contributed by atoms with Gasteiger partial charge < -0.3 is 4.74 Å². The molecule has 41 heavy (non-hydrogen) atoms. The van der Waals surface area contributed by atoms with E-state index in [0.29, 0.717) is 37.0 Å². The number of hydrogen-bond acceptors (Lipinski definition) is 2. The third-order valence-electron chi connectivity index (χ3n) is 8.39. The Morgan fingerprint density at radius 1 is 0.707 bits per heavy atom. The number of carbonyl (C=O) groups excluding carboxylic acids is 1. The predicted octanol–water partition coefficient (Wildman–Crippen LogP) is 9.11. The van der Waals surface area contributed by atoms with E-state index < -0.39 is 29.6 Å². The van der Waals surface area contributed by atoms with Gasteiger partial charge in [-0.15, -0.1) is 0 Å². The quantitative estimate of drug-likeness (QED) is 0.163. The molecule has 0 amide bonds. The summed E-state index contributed by atoms with van der Waals surface area (Å²) in [5.74, 6) is -4.24. The lowest BCUT2D eigenvalue weighted by Gasteiger charge is -2.55. The standard InChI is InChI=1S/C18H15S.C15H19F5O2/c1-4-10-16(11-5-1)19(17-12-6-2-7-13-17)18-14-8-3-9-15-18;1-13(16,17)11(15(18,19)20)22-12(21)14-5-8-2-9(6-14)4-10(3-8)7-14/h1-15H;8-11H,2-7H2,1H3/q+1;. The van der Waals surface area contributed by atoms with Crippen LogP contribution in [-0.4, -0.2) is 24.2 Å². The second kappa shape index (κ2) is 11.8. The fourth-order valence-electron chi connectivity index (χ4n) is 7.13. The molecule has 0 aliphatic heterocycles. The van der Waals surface area contributed by atoms with Crippen LogP contribution in [-0.2, 0) is 20.4 Å².